The molecule has 3 nitrogen and oxygen atoms in total. The highest BCUT2D eigenvalue weighted by Gasteiger charge is 2.22. The summed E-state index contributed by atoms with van der Waals surface area (Å²) in [7, 11) is 0. The summed E-state index contributed by atoms with van der Waals surface area (Å²) in [5.41, 5.74) is 5.30. The van der Waals surface area contributed by atoms with Crippen molar-refractivity contribution in [1.29, 1.82) is 0 Å². The third-order valence-corrected chi connectivity index (χ3v) is 3.78. The van der Waals surface area contributed by atoms with Crippen LogP contribution < -0.4 is 0 Å². The molecule has 0 unspecified atom stereocenters. The Kier molecular flexibility index (Phi) is 3.89. The Morgan fingerprint density at radius 1 is 1.00 bits per heavy atom. The van der Waals surface area contributed by atoms with E-state index in [1.54, 1.807) is 4.68 Å². The summed E-state index contributed by atoms with van der Waals surface area (Å²) in [5.74, 6) is 0.825. The quantitative estimate of drug-likeness (QED) is 0.897. The molecule has 1 aromatic heterocycles. The Morgan fingerprint density at radius 3 is 2.10 bits per heavy atom. The summed E-state index contributed by atoms with van der Waals surface area (Å²) in [4.78, 5) is 0. The molecule has 1 heterocycles. The summed E-state index contributed by atoms with van der Waals surface area (Å²) >= 11 is 0. The highest BCUT2D eigenvalue weighted by Crippen LogP contribution is 2.34. The fourth-order valence-corrected chi connectivity index (χ4v) is 2.46. The normalized spacial score (nSPS) is 11.6. The lowest BCUT2D eigenvalue weighted by molar-refractivity contribution is 0.425. The fourth-order valence-electron chi connectivity index (χ4n) is 2.46. The minimum absolute atomic E-state index is 0.257. The first kappa shape index (κ1) is 14.6. The second-order valence-electron chi connectivity index (χ2n) is 6.11. The molecule has 3 heteroatoms. The number of nitrogens with zero attached hydrogens (tertiary/aromatic N) is 2. The number of benzene rings is 1. The molecule has 20 heavy (non-hydrogen) atoms. The maximum atomic E-state index is 10.5. The molecule has 0 aliphatic carbocycles. The van der Waals surface area contributed by atoms with Crippen molar-refractivity contribution in [3.8, 4) is 11.6 Å². The van der Waals surface area contributed by atoms with Gasteiger partial charge in [0.2, 0.25) is 5.88 Å². The van der Waals surface area contributed by atoms with E-state index in [-0.39, 0.29) is 11.8 Å². The molecule has 1 N–H and O–H groups in total. The van der Waals surface area contributed by atoms with Crippen LogP contribution in [-0.2, 0) is 0 Å². The molecule has 0 saturated carbocycles. The molecule has 1 aromatic carbocycles. The predicted molar refractivity (Wildman–Crippen MR) is 82.9 cm³/mol. The van der Waals surface area contributed by atoms with Gasteiger partial charge >= 0.3 is 0 Å². The first-order valence-corrected chi connectivity index (χ1v) is 7.22. The third-order valence-electron chi connectivity index (χ3n) is 3.78. The minimum Gasteiger partial charge on any atom is -0.493 e. The van der Waals surface area contributed by atoms with Gasteiger partial charge in [0.1, 0.15) is 0 Å². The highest BCUT2D eigenvalue weighted by molar-refractivity contribution is 5.45. The molecular formula is C17H24N2O. The molecule has 0 radical (unpaired) electrons. The average Bonchev–Trinajstić information content (AvgIpc) is 2.71. The van der Waals surface area contributed by atoms with E-state index < -0.39 is 0 Å². The van der Waals surface area contributed by atoms with Gasteiger partial charge in [-0.15, -0.1) is 0 Å². The van der Waals surface area contributed by atoms with Crippen molar-refractivity contribution in [2.45, 2.75) is 53.4 Å². The van der Waals surface area contributed by atoms with E-state index in [2.05, 4.69) is 58.8 Å². The van der Waals surface area contributed by atoms with Gasteiger partial charge in [0, 0.05) is 5.56 Å². The third kappa shape index (κ3) is 2.45. The molecule has 108 valence electrons. The van der Waals surface area contributed by atoms with Crippen molar-refractivity contribution < 1.29 is 5.11 Å². The largest absolute Gasteiger partial charge is 0.493 e. The predicted octanol–water partition coefficient (Wildman–Crippen LogP) is 4.44. The number of hydrogen-bond acceptors (Lipinski definition) is 2. The molecule has 2 rings (SSSR count). The molecule has 0 saturated heterocycles. The Bertz CT molecular complexity index is 624. The monoisotopic (exact) mass is 272 g/mol. The lowest BCUT2D eigenvalue weighted by Gasteiger charge is -2.08. The van der Waals surface area contributed by atoms with Crippen LogP contribution >= 0.6 is 0 Å². The molecule has 0 aliphatic heterocycles. The topological polar surface area (TPSA) is 38.0 Å². The number of aromatic hydroxyl groups is 1. The molecule has 2 aromatic rings. The first-order valence-electron chi connectivity index (χ1n) is 7.22. The molecule has 0 aliphatic rings. The smallest absolute Gasteiger partial charge is 0.217 e. The van der Waals surface area contributed by atoms with Crippen LogP contribution in [-0.4, -0.2) is 14.9 Å². The van der Waals surface area contributed by atoms with Gasteiger partial charge in [0.05, 0.1) is 11.4 Å². The van der Waals surface area contributed by atoms with Gasteiger partial charge < -0.3 is 5.11 Å². The van der Waals surface area contributed by atoms with Crippen molar-refractivity contribution >= 4 is 0 Å². The standard InChI is InChI=1S/C17H24N2O/c1-10(2)15-16(11(3)4)18-19(17(15)20)14-8-7-12(5)13(6)9-14/h7-11,20H,1-6H3. The van der Waals surface area contributed by atoms with Crippen LogP contribution in [0.1, 0.15) is 61.9 Å². The molecule has 0 atom stereocenters. The highest BCUT2D eigenvalue weighted by atomic mass is 16.3. The Hall–Kier alpha value is -1.77. The fraction of sp³-hybridized carbons (Fsp3) is 0.471. The van der Waals surface area contributed by atoms with Crippen LogP contribution in [0.2, 0.25) is 0 Å². The van der Waals surface area contributed by atoms with E-state index in [1.807, 2.05) is 6.07 Å². The lowest BCUT2D eigenvalue weighted by Crippen LogP contribution is -1.99. The Labute approximate surface area is 121 Å². The van der Waals surface area contributed by atoms with Crippen LogP contribution in [0.5, 0.6) is 5.88 Å². The maximum absolute atomic E-state index is 10.5. The summed E-state index contributed by atoms with van der Waals surface area (Å²) < 4.78 is 1.66. The summed E-state index contributed by atoms with van der Waals surface area (Å²) in [6, 6.07) is 6.13. The van der Waals surface area contributed by atoms with Crippen LogP contribution in [0.4, 0.5) is 0 Å². The summed E-state index contributed by atoms with van der Waals surface area (Å²) in [6.07, 6.45) is 0. The average molecular weight is 272 g/mol. The number of hydrogen-bond donors (Lipinski definition) is 1. The van der Waals surface area contributed by atoms with E-state index in [1.165, 1.54) is 11.1 Å². The van der Waals surface area contributed by atoms with Crippen molar-refractivity contribution in [3.05, 3.63) is 40.6 Å². The van der Waals surface area contributed by atoms with Crippen LogP contribution in [0, 0.1) is 13.8 Å². The molecule has 0 spiro atoms. The SMILES string of the molecule is Cc1ccc(-n2nc(C(C)C)c(C(C)C)c2O)cc1C. The van der Waals surface area contributed by atoms with Crippen LogP contribution in [0.15, 0.2) is 18.2 Å². The van der Waals surface area contributed by atoms with E-state index in [0.29, 0.717) is 5.92 Å². The first-order chi connectivity index (χ1) is 9.32. The zero-order valence-electron chi connectivity index (χ0n) is 13.2. The van der Waals surface area contributed by atoms with Gasteiger partial charge in [0.25, 0.3) is 0 Å². The zero-order chi connectivity index (χ0) is 15.0. The second kappa shape index (κ2) is 5.31. The maximum Gasteiger partial charge on any atom is 0.217 e. The zero-order valence-corrected chi connectivity index (χ0v) is 13.2. The Morgan fingerprint density at radius 2 is 1.65 bits per heavy atom. The van der Waals surface area contributed by atoms with E-state index in [4.69, 9.17) is 0 Å². The van der Waals surface area contributed by atoms with Crippen molar-refractivity contribution in [3.63, 3.8) is 0 Å². The van der Waals surface area contributed by atoms with Crippen molar-refractivity contribution in [1.82, 2.24) is 9.78 Å². The van der Waals surface area contributed by atoms with Gasteiger partial charge in [-0.2, -0.15) is 5.10 Å². The molecular weight excluding hydrogens is 248 g/mol. The van der Waals surface area contributed by atoms with Gasteiger partial charge in [0.15, 0.2) is 0 Å². The molecule has 0 bridgehead atoms. The van der Waals surface area contributed by atoms with E-state index >= 15 is 0 Å². The summed E-state index contributed by atoms with van der Waals surface area (Å²) in [6.45, 7) is 12.6. The Balaban J connectivity index is 2.63. The van der Waals surface area contributed by atoms with Gasteiger partial charge in [-0.3, -0.25) is 0 Å². The van der Waals surface area contributed by atoms with Crippen molar-refractivity contribution in [2.75, 3.05) is 0 Å². The number of rotatable bonds is 3. The van der Waals surface area contributed by atoms with Gasteiger partial charge in [-0.05, 0) is 48.9 Å². The lowest BCUT2D eigenvalue weighted by atomic mass is 9.97. The number of aromatic nitrogens is 2. The molecule has 0 amide bonds. The van der Waals surface area contributed by atoms with E-state index in [9.17, 15) is 5.11 Å². The van der Waals surface area contributed by atoms with Gasteiger partial charge in [-0.25, -0.2) is 4.68 Å². The second-order valence-corrected chi connectivity index (χ2v) is 6.11. The summed E-state index contributed by atoms with van der Waals surface area (Å²) in [5, 5.41) is 15.2. The molecule has 0 fully saturated rings. The number of aryl methyl sites for hydroxylation is 2. The van der Waals surface area contributed by atoms with Crippen LogP contribution in [0.3, 0.4) is 0 Å². The van der Waals surface area contributed by atoms with Crippen LogP contribution in [0.25, 0.3) is 5.69 Å². The van der Waals surface area contributed by atoms with Gasteiger partial charge in [-0.1, -0.05) is 33.8 Å². The van der Waals surface area contributed by atoms with Crippen molar-refractivity contribution in [2.24, 2.45) is 0 Å². The van der Waals surface area contributed by atoms with E-state index in [0.717, 1.165) is 16.9 Å². The minimum atomic E-state index is 0.257.